The lowest BCUT2D eigenvalue weighted by Gasteiger charge is -2.40. The van der Waals surface area contributed by atoms with E-state index in [2.05, 4.69) is 10.2 Å². The standard InChI is InChI=1S/C11H19N3O3S/c1-8-9(6-12-13-8)18(16,17)14-5-4-10(15)11(2,3)7-14/h6,10,15H,4-5,7H2,1-3H3,(H,12,13). The number of aromatic amines is 1. The highest BCUT2D eigenvalue weighted by Crippen LogP contribution is 2.32. The summed E-state index contributed by atoms with van der Waals surface area (Å²) in [5, 5.41) is 16.3. The second-order valence-electron chi connectivity index (χ2n) is 5.49. The first-order valence-electron chi connectivity index (χ1n) is 5.93. The van der Waals surface area contributed by atoms with E-state index in [0.717, 1.165) is 0 Å². The summed E-state index contributed by atoms with van der Waals surface area (Å²) >= 11 is 0. The van der Waals surface area contributed by atoms with Crippen LogP contribution in [0.1, 0.15) is 26.0 Å². The van der Waals surface area contributed by atoms with E-state index in [0.29, 0.717) is 25.2 Å². The normalized spacial score (nSPS) is 25.2. The third kappa shape index (κ3) is 2.17. The van der Waals surface area contributed by atoms with E-state index < -0.39 is 21.5 Å². The molecule has 0 aliphatic carbocycles. The predicted octanol–water partition coefficient (Wildman–Crippen LogP) is 0.500. The number of aryl methyl sites for hydroxylation is 1. The molecule has 0 aromatic carbocycles. The number of nitrogens with zero attached hydrogens (tertiary/aromatic N) is 2. The van der Waals surface area contributed by atoms with Gasteiger partial charge in [0.25, 0.3) is 0 Å². The van der Waals surface area contributed by atoms with Crippen LogP contribution >= 0.6 is 0 Å². The highest BCUT2D eigenvalue weighted by molar-refractivity contribution is 7.89. The molecule has 1 atom stereocenters. The van der Waals surface area contributed by atoms with Gasteiger partial charge in [-0.2, -0.15) is 9.40 Å². The van der Waals surface area contributed by atoms with Crippen LogP contribution in [0, 0.1) is 12.3 Å². The zero-order chi connectivity index (χ0) is 13.6. The molecule has 2 N–H and O–H groups in total. The Balaban J connectivity index is 2.30. The number of aliphatic hydroxyl groups excluding tert-OH is 1. The van der Waals surface area contributed by atoms with Gasteiger partial charge in [-0.05, 0) is 13.3 Å². The second kappa shape index (κ2) is 4.32. The number of hydrogen-bond donors (Lipinski definition) is 2. The minimum atomic E-state index is -3.52. The largest absolute Gasteiger partial charge is 0.392 e. The molecular weight excluding hydrogens is 254 g/mol. The monoisotopic (exact) mass is 273 g/mol. The summed E-state index contributed by atoms with van der Waals surface area (Å²) in [7, 11) is -3.52. The van der Waals surface area contributed by atoms with Crippen molar-refractivity contribution < 1.29 is 13.5 Å². The summed E-state index contributed by atoms with van der Waals surface area (Å²) < 4.78 is 26.3. The van der Waals surface area contributed by atoms with Gasteiger partial charge in [0.1, 0.15) is 4.90 Å². The predicted molar refractivity (Wildman–Crippen MR) is 66.5 cm³/mol. The summed E-state index contributed by atoms with van der Waals surface area (Å²) in [6, 6.07) is 0. The first-order valence-corrected chi connectivity index (χ1v) is 7.37. The first kappa shape index (κ1) is 13.5. The molecule has 0 radical (unpaired) electrons. The molecule has 102 valence electrons. The van der Waals surface area contributed by atoms with Crippen LogP contribution in [0.4, 0.5) is 0 Å². The topological polar surface area (TPSA) is 86.3 Å². The average Bonchev–Trinajstić information content (AvgIpc) is 2.69. The maximum atomic E-state index is 12.4. The van der Waals surface area contributed by atoms with Gasteiger partial charge in [0.2, 0.25) is 10.0 Å². The molecule has 0 saturated carbocycles. The zero-order valence-electron chi connectivity index (χ0n) is 10.8. The maximum Gasteiger partial charge on any atom is 0.246 e. The van der Waals surface area contributed by atoms with Crippen molar-refractivity contribution in [3.63, 3.8) is 0 Å². The third-order valence-corrected chi connectivity index (χ3v) is 5.50. The fourth-order valence-electron chi connectivity index (χ4n) is 2.24. The van der Waals surface area contributed by atoms with Crippen molar-refractivity contribution in [3.8, 4) is 0 Å². The number of piperidine rings is 1. The number of H-pyrrole nitrogens is 1. The van der Waals surface area contributed by atoms with Crippen molar-refractivity contribution in [1.82, 2.24) is 14.5 Å². The number of hydrogen-bond acceptors (Lipinski definition) is 4. The molecule has 1 aromatic rings. The molecule has 1 aliphatic rings. The second-order valence-corrected chi connectivity index (χ2v) is 7.40. The van der Waals surface area contributed by atoms with Crippen molar-refractivity contribution in [2.45, 2.75) is 38.2 Å². The van der Waals surface area contributed by atoms with Crippen LogP contribution in [0.25, 0.3) is 0 Å². The molecular formula is C11H19N3O3S. The Labute approximate surface area is 107 Å². The molecule has 0 spiro atoms. The highest BCUT2D eigenvalue weighted by atomic mass is 32.2. The minimum absolute atomic E-state index is 0.217. The van der Waals surface area contributed by atoms with Gasteiger partial charge >= 0.3 is 0 Å². The molecule has 6 nitrogen and oxygen atoms in total. The number of nitrogens with one attached hydrogen (secondary N) is 1. The van der Waals surface area contributed by atoms with Crippen molar-refractivity contribution in [1.29, 1.82) is 0 Å². The van der Waals surface area contributed by atoms with Crippen molar-refractivity contribution >= 4 is 10.0 Å². The van der Waals surface area contributed by atoms with Crippen LogP contribution < -0.4 is 0 Å². The Morgan fingerprint density at radius 3 is 2.72 bits per heavy atom. The minimum Gasteiger partial charge on any atom is -0.392 e. The molecule has 2 rings (SSSR count). The van der Waals surface area contributed by atoms with Crippen LogP contribution in [-0.2, 0) is 10.0 Å². The fraction of sp³-hybridized carbons (Fsp3) is 0.727. The van der Waals surface area contributed by atoms with Gasteiger partial charge in [0, 0.05) is 18.5 Å². The van der Waals surface area contributed by atoms with E-state index >= 15 is 0 Å². The zero-order valence-corrected chi connectivity index (χ0v) is 11.7. The number of rotatable bonds is 2. The van der Waals surface area contributed by atoms with Crippen molar-refractivity contribution in [3.05, 3.63) is 11.9 Å². The molecule has 1 aliphatic heterocycles. The third-order valence-electron chi connectivity index (χ3n) is 3.54. The number of aromatic nitrogens is 2. The Morgan fingerprint density at radius 2 is 2.22 bits per heavy atom. The average molecular weight is 273 g/mol. The molecule has 18 heavy (non-hydrogen) atoms. The van der Waals surface area contributed by atoms with Crippen LogP contribution in [0.15, 0.2) is 11.1 Å². The Kier molecular flexibility index (Phi) is 3.25. The van der Waals surface area contributed by atoms with Gasteiger partial charge < -0.3 is 5.11 Å². The molecule has 0 amide bonds. The first-order chi connectivity index (χ1) is 8.25. The molecule has 1 fully saturated rings. The summed E-state index contributed by atoms with van der Waals surface area (Å²) in [5.41, 5.74) is 0.113. The summed E-state index contributed by atoms with van der Waals surface area (Å²) in [6.45, 7) is 6.10. The molecule has 1 aromatic heterocycles. The molecule has 1 unspecified atom stereocenters. The highest BCUT2D eigenvalue weighted by Gasteiger charge is 2.40. The van der Waals surface area contributed by atoms with E-state index in [1.165, 1.54) is 10.5 Å². The van der Waals surface area contributed by atoms with E-state index in [-0.39, 0.29) is 4.90 Å². The smallest absolute Gasteiger partial charge is 0.246 e. The lowest BCUT2D eigenvalue weighted by atomic mass is 9.82. The van der Waals surface area contributed by atoms with Crippen molar-refractivity contribution in [2.24, 2.45) is 5.41 Å². The van der Waals surface area contributed by atoms with Crippen LogP contribution in [0.2, 0.25) is 0 Å². The fourth-order valence-corrected chi connectivity index (χ4v) is 3.99. The van der Waals surface area contributed by atoms with Crippen LogP contribution in [-0.4, -0.2) is 47.2 Å². The van der Waals surface area contributed by atoms with Gasteiger partial charge in [-0.3, -0.25) is 5.10 Å². The number of aliphatic hydroxyl groups is 1. The molecule has 0 bridgehead atoms. The number of sulfonamides is 1. The van der Waals surface area contributed by atoms with Gasteiger partial charge in [-0.1, -0.05) is 13.8 Å². The van der Waals surface area contributed by atoms with Gasteiger partial charge in [-0.15, -0.1) is 0 Å². The van der Waals surface area contributed by atoms with Gasteiger partial charge in [-0.25, -0.2) is 8.42 Å². The SMILES string of the molecule is Cc1[nH]ncc1S(=O)(=O)N1CCC(O)C(C)(C)C1. The van der Waals surface area contributed by atoms with E-state index in [9.17, 15) is 13.5 Å². The summed E-state index contributed by atoms with van der Waals surface area (Å²) in [5.74, 6) is 0. The maximum absolute atomic E-state index is 12.4. The Hall–Kier alpha value is -0.920. The quantitative estimate of drug-likeness (QED) is 0.821. The van der Waals surface area contributed by atoms with Crippen LogP contribution in [0.3, 0.4) is 0 Å². The Bertz CT molecular complexity index is 535. The Morgan fingerprint density at radius 1 is 1.56 bits per heavy atom. The van der Waals surface area contributed by atoms with Crippen molar-refractivity contribution in [2.75, 3.05) is 13.1 Å². The molecule has 7 heteroatoms. The lowest BCUT2D eigenvalue weighted by molar-refractivity contribution is -0.000319. The molecule has 1 saturated heterocycles. The van der Waals surface area contributed by atoms with Gasteiger partial charge in [0.15, 0.2) is 0 Å². The lowest BCUT2D eigenvalue weighted by Crippen LogP contribution is -2.50. The molecule has 2 heterocycles. The van der Waals surface area contributed by atoms with Crippen LogP contribution in [0.5, 0.6) is 0 Å². The summed E-state index contributed by atoms with van der Waals surface area (Å²) in [4.78, 5) is 0.217. The van der Waals surface area contributed by atoms with E-state index in [1.54, 1.807) is 6.92 Å². The summed E-state index contributed by atoms with van der Waals surface area (Å²) in [6.07, 6.45) is 1.33. The van der Waals surface area contributed by atoms with Gasteiger partial charge in [0.05, 0.1) is 18.0 Å². The van der Waals surface area contributed by atoms with E-state index in [4.69, 9.17) is 0 Å². The van der Waals surface area contributed by atoms with E-state index in [1.807, 2.05) is 13.8 Å².